The van der Waals surface area contributed by atoms with Gasteiger partial charge in [0.05, 0.1) is 6.10 Å². The Kier molecular flexibility index (Phi) is 5.49. The second-order valence-electron chi connectivity index (χ2n) is 6.71. The van der Waals surface area contributed by atoms with Crippen LogP contribution in [0.15, 0.2) is 30.3 Å². The van der Waals surface area contributed by atoms with E-state index in [-0.39, 0.29) is 0 Å². The summed E-state index contributed by atoms with van der Waals surface area (Å²) >= 11 is 0. The van der Waals surface area contributed by atoms with Crippen LogP contribution in [0.1, 0.15) is 44.1 Å². The van der Waals surface area contributed by atoms with Crippen molar-refractivity contribution in [1.82, 2.24) is 4.90 Å². The predicted molar refractivity (Wildman–Crippen MR) is 87.7 cm³/mol. The maximum atomic E-state index is 12.4. The predicted octanol–water partition coefficient (Wildman–Crippen LogP) is 3.43. The zero-order valence-corrected chi connectivity index (χ0v) is 13.4. The third-order valence-corrected chi connectivity index (χ3v) is 4.94. The minimum atomic E-state index is 0.327. The van der Waals surface area contributed by atoms with Crippen LogP contribution in [-0.2, 0) is 16.0 Å². The molecule has 0 aliphatic carbocycles. The van der Waals surface area contributed by atoms with E-state index in [4.69, 9.17) is 4.74 Å². The maximum absolute atomic E-state index is 12.4. The van der Waals surface area contributed by atoms with Crippen LogP contribution in [-0.4, -0.2) is 36.6 Å². The summed E-state index contributed by atoms with van der Waals surface area (Å²) in [6.45, 7) is 2.75. The van der Waals surface area contributed by atoms with Crippen molar-refractivity contribution in [3.63, 3.8) is 0 Å². The van der Waals surface area contributed by atoms with Gasteiger partial charge >= 0.3 is 0 Å². The Bertz CT molecular complexity index is 468. The molecule has 2 heterocycles. The molecule has 3 nitrogen and oxygen atoms in total. The summed E-state index contributed by atoms with van der Waals surface area (Å²) in [6, 6.07) is 10.6. The van der Waals surface area contributed by atoms with Crippen molar-refractivity contribution in [3.05, 3.63) is 35.9 Å². The molecule has 2 atom stereocenters. The molecule has 1 aromatic rings. The van der Waals surface area contributed by atoms with E-state index in [0.29, 0.717) is 24.3 Å². The standard InChI is InChI=1S/C19H27NO2/c21-19(11-10-18-9-5-13-22-18)20-12-4-8-17(15-20)14-16-6-2-1-3-7-16/h1-3,6-7,17-18H,4-5,8-15H2/t17-,18+/m1/s1. The van der Waals surface area contributed by atoms with E-state index in [1.54, 1.807) is 0 Å². The van der Waals surface area contributed by atoms with Crippen LogP contribution in [0.5, 0.6) is 0 Å². The first-order valence-electron chi connectivity index (χ1n) is 8.74. The van der Waals surface area contributed by atoms with E-state index in [1.165, 1.54) is 12.0 Å². The molecule has 2 saturated heterocycles. The Morgan fingerprint density at radius 1 is 1.18 bits per heavy atom. The zero-order valence-electron chi connectivity index (χ0n) is 13.4. The molecular weight excluding hydrogens is 274 g/mol. The zero-order chi connectivity index (χ0) is 15.2. The van der Waals surface area contributed by atoms with E-state index in [9.17, 15) is 4.79 Å². The molecule has 1 aromatic carbocycles. The van der Waals surface area contributed by atoms with Gasteiger partial charge in [-0.3, -0.25) is 4.79 Å². The molecular formula is C19H27NO2. The van der Waals surface area contributed by atoms with Crippen molar-refractivity contribution in [2.24, 2.45) is 5.92 Å². The molecule has 0 N–H and O–H groups in total. The third kappa shape index (κ3) is 4.33. The lowest BCUT2D eigenvalue weighted by atomic mass is 9.91. The minimum Gasteiger partial charge on any atom is -0.378 e. The molecule has 22 heavy (non-hydrogen) atoms. The highest BCUT2D eigenvalue weighted by Crippen LogP contribution is 2.23. The number of nitrogens with zero attached hydrogens (tertiary/aromatic N) is 1. The Morgan fingerprint density at radius 3 is 2.82 bits per heavy atom. The van der Waals surface area contributed by atoms with Gasteiger partial charge < -0.3 is 9.64 Å². The molecule has 3 heteroatoms. The summed E-state index contributed by atoms with van der Waals surface area (Å²) in [4.78, 5) is 14.5. The lowest BCUT2D eigenvalue weighted by molar-refractivity contribution is -0.133. The summed E-state index contributed by atoms with van der Waals surface area (Å²) in [5, 5.41) is 0. The highest BCUT2D eigenvalue weighted by Gasteiger charge is 2.25. The number of likely N-dealkylation sites (tertiary alicyclic amines) is 1. The first-order valence-corrected chi connectivity index (χ1v) is 8.74. The Balaban J connectivity index is 1.46. The summed E-state index contributed by atoms with van der Waals surface area (Å²) in [7, 11) is 0. The van der Waals surface area contributed by atoms with Gasteiger partial charge in [-0.1, -0.05) is 30.3 Å². The van der Waals surface area contributed by atoms with E-state index < -0.39 is 0 Å². The lowest BCUT2D eigenvalue weighted by Crippen LogP contribution is -2.40. The van der Waals surface area contributed by atoms with Gasteiger partial charge in [-0.15, -0.1) is 0 Å². The van der Waals surface area contributed by atoms with Crippen LogP contribution >= 0.6 is 0 Å². The number of amides is 1. The number of piperidine rings is 1. The topological polar surface area (TPSA) is 29.5 Å². The molecule has 120 valence electrons. The third-order valence-electron chi connectivity index (χ3n) is 4.94. The molecule has 0 bridgehead atoms. The highest BCUT2D eigenvalue weighted by molar-refractivity contribution is 5.76. The fourth-order valence-corrected chi connectivity index (χ4v) is 3.72. The van der Waals surface area contributed by atoms with Gasteiger partial charge in [-0.2, -0.15) is 0 Å². The van der Waals surface area contributed by atoms with Crippen LogP contribution in [0.25, 0.3) is 0 Å². The number of ether oxygens (including phenoxy) is 1. The number of carbonyl (C=O) groups excluding carboxylic acids is 1. The van der Waals surface area contributed by atoms with Gasteiger partial charge in [0.1, 0.15) is 0 Å². The Morgan fingerprint density at radius 2 is 2.05 bits per heavy atom. The van der Waals surface area contributed by atoms with Crippen molar-refractivity contribution in [3.8, 4) is 0 Å². The molecule has 0 unspecified atom stereocenters. The first kappa shape index (κ1) is 15.5. The quantitative estimate of drug-likeness (QED) is 0.834. The molecule has 2 aliphatic rings. The molecule has 2 aliphatic heterocycles. The Hall–Kier alpha value is -1.35. The van der Waals surface area contributed by atoms with Crippen LogP contribution < -0.4 is 0 Å². The lowest BCUT2D eigenvalue weighted by Gasteiger charge is -2.33. The van der Waals surface area contributed by atoms with Crippen LogP contribution in [0.3, 0.4) is 0 Å². The maximum Gasteiger partial charge on any atom is 0.222 e. The number of hydrogen-bond acceptors (Lipinski definition) is 2. The van der Waals surface area contributed by atoms with Crippen molar-refractivity contribution in [2.45, 2.75) is 51.0 Å². The van der Waals surface area contributed by atoms with Gasteiger partial charge in [-0.25, -0.2) is 0 Å². The van der Waals surface area contributed by atoms with Gasteiger partial charge in [-0.05, 0) is 50.0 Å². The second kappa shape index (κ2) is 7.77. The smallest absolute Gasteiger partial charge is 0.222 e. The summed E-state index contributed by atoms with van der Waals surface area (Å²) in [6.07, 6.45) is 7.64. The molecule has 0 aromatic heterocycles. The van der Waals surface area contributed by atoms with E-state index in [2.05, 4.69) is 35.2 Å². The molecule has 0 radical (unpaired) electrons. The SMILES string of the molecule is O=C(CC[C@@H]1CCCO1)N1CCC[C@H](Cc2ccccc2)C1. The van der Waals surface area contributed by atoms with Crippen molar-refractivity contribution in [2.75, 3.05) is 19.7 Å². The largest absolute Gasteiger partial charge is 0.378 e. The average Bonchev–Trinajstić information content (AvgIpc) is 3.07. The van der Waals surface area contributed by atoms with E-state index in [0.717, 1.165) is 51.8 Å². The van der Waals surface area contributed by atoms with Crippen molar-refractivity contribution >= 4 is 5.91 Å². The number of benzene rings is 1. The molecule has 1 amide bonds. The second-order valence-corrected chi connectivity index (χ2v) is 6.71. The molecule has 2 fully saturated rings. The van der Waals surface area contributed by atoms with Crippen LogP contribution in [0.2, 0.25) is 0 Å². The van der Waals surface area contributed by atoms with E-state index >= 15 is 0 Å². The molecule has 0 saturated carbocycles. The van der Waals surface area contributed by atoms with Crippen LogP contribution in [0, 0.1) is 5.92 Å². The monoisotopic (exact) mass is 301 g/mol. The average molecular weight is 301 g/mol. The number of rotatable bonds is 5. The fourth-order valence-electron chi connectivity index (χ4n) is 3.72. The number of carbonyl (C=O) groups is 1. The fraction of sp³-hybridized carbons (Fsp3) is 0.632. The minimum absolute atomic E-state index is 0.327. The van der Waals surface area contributed by atoms with Gasteiger partial charge in [0.25, 0.3) is 0 Å². The molecule has 0 spiro atoms. The van der Waals surface area contributed by atoms with Gasteiger partial charge in [0.2, 0.25) is 5.91 Å². The first-order chi connectivity index (χ1) is 10.8. The van der Waals surface area contributed by atoms with Crippen molar-refractivity contribution in [1.29, 1.82) is 0 Å². The Labute approximate surface area is 133 Å². The van der Waals surface area contributed by atoms with E-state index in [1.807, 2.05) is 0 Å². The van der Waals surface area contributed by atoms with Crippen molar-refractivity contribution < 1.29 is 9.53 Å². The summed E-state index contributed by atoms with van der Waals surface area (Å²) < 4.78 is 5.62. The summed E-state index contributed by atoms with van der Waals surface area (Å²) in [5.41, 5.74) is 1.39. The van der Waals surface area contributed by atoms with Gasteiger partial charge in [0, 0.05) is 26.1 Å². The van der Waals surface area contributed by atoms with Gasteiger partial charge in [0.15, 0.2) is 0 Å². The van der Waals surface area contributed by atoms with Crippen LogP contribution in [0.4, 0.5) is 0 Å². The number of hydrogen-bond donors (Lipinski definition) is 0. The molecule has 3 rings (SSSR count). The summed E-state index contributed by atoms with van der Waals surface area (Å²) in [5.74, 6) is 0.941. The normalized spacial score (nSPS) is 25.4. The highest BCUT2D eigenvalue weighted by atomic mass is 16.5.